The van der Waals surface area contributed by atoms with Crippen molar-refractivity contribution in [1.82, 2.24) is 0 Å². The van der Waals surface area contributed by atoms with Crippen LogP contribution in [0.2, 0.25) is 0 Å². The first-order valence-electron chi connectivity index (χ1n) is 19.1. The van der Waals surface area contributed by atoms with Crippen LogP contribution in [0, 0.1) is 11.8 Å². The molecule has 0 aromatic rings. The standard InChI is InChI=1S/C39H61NO14/c1-4-14-26-17-11-9-7-6-8-10-12-18-27(53-38-35(46)33(40)34(45)23(3)51-38)20-31-32(36(47)48)30(44)22-39(50,54-31)21-25(42)16-13-15-24(41)19-29(43)28(5-2)37(49)52-26/h6-12,18,23,25-35,38,42-46,50H,4-5,13-17,19-22,40H2,1-3H3,(H,47,48)/b7-6+,10-8+,11-9-,18-12+/t23-,25+,26-,27+,28+,29-,30+,31+,32-,33+,34-,35+,38+,39-/m1/s1. The third-order valence-corrected chi connectivity index (χ3v) is 10.2. The summed E-state index contributed by atoms with van der Waals surface area (Å²) >= 11 is 0. The molecule has 3 heterocycles. The van der Waals surface area contributed by atoms with Gasteiger partial charge >= 0.3 is 11.9 Å². The van der Waals surface area contributed by atoms with Crippen LogP contribution in [0.1, 0.15) is 91.4 Å². The van der Waals surface area contributed by atoms with Gasteiger partial charge in [-0.05, 0) is 32.6 Å². The fraction of sp³-hybridized carbons (Fsp3) is 0.718. The molecule has 54 heavy (non-hydrogen) atoms. The number of cyclic esters (lactones) is 1. The molecular formula is C39H61NO14. The van der Waals surface area contributed by atoms with Crippen molar-refractivity contribution in [2.24, 2.45) is 17.6 Å². The number of carbonyl (C=O) groups is 3. The molecule has 2 bridgehead atoms. The Morgan fingerprint density at radius 2 is 1.67 bits per heavy atom. The number of carboxylic acid groups (broad SMARTS) is 1. The Bertz CT molecular complexity index is 1320. The second-order valence-corrected chi connectivity index (χ2v) is 14.7. The first-order valence-corrected chi connectivity index (χ1v) is 19.1. The third kappa shape index (κ3) is 13.7. The van der Waals surface area contributed by atoms with Gasteiger partial charge < -0.3 is 60.4 Å². The summed E-state index contributed by atoms with van der Waals surface area (Å²) in [5.74, 6) is -6.81. The van der Waals surface area contributed by atoms with Gasteiger partial charge in [0.25, 0.3) is 0 Å². The molecule has 9 N–H and O–H groups in total. The predicted octanol–water partition coefficient (Wildman–Crippen LogP) is 1.70. The van der Waals surface area contributed by atoms with E-state index in [1.807, 2.05) is 13.0 Å². The summed E-state index contributed by atoms with van der Waals surface area (Å²) in [6.45, 7) is 5.27. The number of aliphatic carboxylic acids is 1. The summed E-state index contributed by atoms with van der Waals surface area (Å²) in [5, 5.41) is 75.1. The van der Waals surface area contributed by atoms with Crippen molar-refractivity contribution in [1.29, 1.82) is 0 Å². The first kappa shape index (κ1) is 45.6. The van der Waals surface area contributed by atoms with Gasteiger partial charge in [0.2, 0.25) is 0 Å². The van der Waals surface area contributed by atoms with Gasteiger partial charge in [0.05, 0.1) is 54.7 Å². The lowest BCUT2D eigenvalue weighted by molar-refractivity contribution is -0.308. The van der Waals surface area contributed by atoms with E-state index in [0.717, 1.165) is 6.42 Å². The van der Waals surface area contributed by atoms with Crippen LogP contribution in [-0.4, -0.2) is 127 Å². The summed E-state index contributed by atoms with van der Waals surface area (Å²) in [7, 11) is 0. The fourth-order valence-corrected chi connectivity index (χ4v) is 7.15. The summed E-state index contributed by atoms with van der Waals surface area (Å²) in [6.07, 6.45) is 2.99. The average molecular weight is 768 g/mol. The van der Waals surface area contributed by atoms with Crippen molar-refractivity contribution < 1.29 is 69.1 Å². The van der Waals surface area contributed by atoms with E-state index >= 15 is 0 Å². The molecule has 15 heteroatoms. The lowest BCUT2D eigenvalue weighted by Gasteiger charge is -2.45. The zero-order valence-electron chi connectivity index (χ0n) is 31.5. The molecule has 0 aromatic heterocycles. The zero-order chi connectivity index (χ0) is 40.0. The number of Topliss-reactive ketones (excluding diaryl/α,β-unsaturated/α-hetero) is 1. The highest BCUT2D eigenvalue weighted by atomic mass is 16.7. The minimum absolute atomic E-state index is 0.0177. The minimum atomic E-state index is -2.15. The van der Waals surface area contributed by atoms with E-state index < -0.39 is 110 Å². The number of nitrogens with two attached hydrogens (primary N) is 1. The highest BCUT2D eigenvalue weighted by Gasteiger charge is 2.50. The molecule has 0 aliphatic carbocycles. The number of carbonyl (C=O) groups excluding carboxylic acids is 2. The third-order valence-electron chi connectivity index (χ3n) is 10.2. The van der Waals surface area contributed by atoms with E-state index in [9.17, 15) is 50.1 Å². The molecule has 3 aliphatic heterocycles. The molecule has 0 unspecified atom stereocenters. The van der Waals surface area contributed by atoms with E-state index in [-0.39, 0.29) is 44.3 Å². The molecule has 2 fully saturated rings. The van der Waals surface area contributed by atoms with Gasteiger partial charge in [-0.3, -0.25) is 14.4 Å². The maximum Gasteiger partial charge on any atom is 0.311 e. The van der Waals surface area contributed by atoms with Crippen LogP contribution in [0.15, 0.2) is 48.6 Å². The Balaban J connectivity index is 1.90. The lowest BCUT2D eigenvalue weighted by atomic mass is 9.83. The average Bonchev–Trinajstić information content (AvgIpc) is 3.08. The smallest absolute Gasteiger partial charge is 0.311 e. The molecule has 0 aromatic carbocycles. The van der Waals surface area contributed by atoms with Gasteiger partial charge in [-0.15, -0.1) is 0 Å². The first-order chi connectivity index (χ1) is 25.6. The van der Waals surface area contributed by atoms with Crippen molar-refractivity contribution >= 4 is 17.7 Å². The number of hydrogen-bond donors (Lipinski definition) is 8. The molecule has 3 rings (SSSR count). The van der Waals surface area contributed by atoms with Crippen molar-refractivity contribution in [2.75, 3.05) is 0 Å². The number of esters is 1. The van der Waals surface area contributed by atoms with E-state index in [2.05, 4.69) is 0 Å². The van der Waals surface area contributed by atoms with Crippen LogP contribution in [0.4, 0.5) is 0 Å². The Morgan fingerprint density at radius 3 is 2.33 bits per heavy atom. The van der Waals surface area contributed by atoms with Crippen molar-refractivity contribution in [2.45, 2.75) is 164 Å². The second-order valence-electron chi connectivity index (χ2n) is 14.7. The van der Waals surface area contributed by atoms with Crippen molar-refractivity contribution in [3.63, 3.8) is 0 Å². The van der Waals surface area contributed by atoms with Gasteiger partial charge in [0, 0.05) is 38.5 Å². The Morgan fingerprint density at radius 1 is 0.981 bits per heavy atom. The molecule has 2 saturated heterocycles. The maximum atomic E-state index is 13.0. The molecule has 3 aliphatic rings. The van der Waals surface area contributed by atoms with Crippen LogP contribution in [0.3, 0.4) is 0 Å². The SMILES string of the molecule is CCC[C@@H]1C\C=C/C=C/C=C/C=C/[C@H](O[C@@H]2O[C@H](C)[C@@H](O)[C@H](N)[C@@H]2O)C[C@@H]2O[C@](O)(C[C@@H](O)CCCC(=O)C[C@@H](O)[C@H](CC)C(=O)O1)C[C@H](O)[C@H]2C(=O)O. The number of aliphatic hydroxyl groups excluding tert-OH is 5. The zero-order valence-corrected chi connectivity index (χ0v) is 31.5. The topological polar surface area (TPSA) is 256 Å². The molecule has 0 radical (unpaired) electrons. The van der Waals surface area contributed by atoms with Gasteiger partial charge in [0.15, 0.2) is 12.1 Å². The van der Waals surface area contributed by atoms with Gasteiger partial charge in [0.1, 0.15) is 23.9 Å². The molecule has 0 spiro atoms. The molecular weight excluding hydrogens is 706 g/mol. The quantitative estimate of drug-likeness (QED) is 0.179. The largest absolute Gasteiger partial charge is 0.481 e. The van der Waals surface area contributed by atoms with Crippen LogP contribution in [0.5, 0.6) is 0 Å². The number of fused-ring (bicyclic) bond motifs is 2. The summed E-state index contributed by atoms with van der Waals surface area (Å²) in [6, 6.07) is -1.10. The molecule has 0 amide bonds. The van der Waals surface area contributed by atoms with E-state index in [1.165, 1.54) is 0 Å². The van der Waals surface area contributed by atoms with E-state index in [0.29, 0.717) is 12.8 Å². The summed E-state index contributed by atoms with van der Waals surface area (Å²) < 4.78 is 23.4. The molecule has 306 valence electrons. The van der Waals surface area contributed by atoms with Crippen LogP contribution in [0.25, 0.3) is 0 Å². The number of ether oxygens (including phenoxy) is 4. The highest BCUT2D eigenvalue weighted by Crippen LogP contribution is 2.38. The Hall–Kier alpha value is -2.83. The normalized spacial score (nSPS) is 42.3. The highest BCUT2D eigenvalue weighted by molar-refractivity contribution is 5.80. The summed E-state index contributed by atoms with van der Waals surface area (Å²) in [4.78, 5) is 38.2. The van der Waals surface area contributed by atoms with Gasteiger partial charge in [-0.2, -0.15) is 0 Å². The lowest BCUT2D eigenvalue weighted by Crippen LogP contribution is -2.61. The summed E-state index contributed by atoms with van der Waals surface area (Å²) in [5.41, 5.74) is 6.00. The van der Waals surface area contributed by atoms with Gasteiger partial charge in [-0.25, -0.2) is 0 Å². The predicted molar refractivity (Wildman–Crippen MR) is 195 cm³/mol. The number of carboxylic acids is 1. The van der Waals surface area contributed by atoms with Crippen LogP contribution < -0.4 is 5.73 Å². The van der Waals surface area contributed by atoms with Gasteiger partial charge in [-0.1, -0.05) is 68.9 Å². The Labute approximate surface area is 317 Å². The van der Waals surface area contributed by atoms with E-state index in [4.69, 9.17) is 24.7 Å². The molecule has 14 atom stereocenters. The number of rotatable bonds is 6. The number of ketones is 1. The second kappa shape index (κ2) is 22.0. The number of allylic oxidation sites excluding steroid dienone is 6. The van der Waals surface area contributed by atoms with Crippen molar-refractivity contribution in [3.05, 3.63) is 48.6 Å². The Kier molecular flexibility index (Phi) is 18.6. The fourth-order valence-electron chi connectivity index (χ4n) is 7.15. The van der Waals surface area contributed by atoms with Crippen LogP contribution in [-0.2, 0) is 33.3 Å². The number of aliphatic hydroxyl groups is 6. The van der Waals surface area contributed by atoms with Crippen molar-refractivity contribution in [3.8, 4) is 0 Å². The minimum Gasteiger partial charge on any atom is -0.481 e. The maximum absolute atomic E-state index is 13.0. The molecule has 15 nitrogen and oxygen atoms in total. The van der Waals surface area contributed by atoms with Crippen LogP contribution >= 0.6 is 0 Å². The monoisotopic (exact) mass is 767 g/mol. The molecule has 0 saturated carbocycles. The number of hydrogen-bond acceptors (Lipinski definition) is 14. The van der Waals surface area contributed by atoms with E-state index in [1.54, 1.807) is 56.4 Å².